The lowest BCUT2D eigenvalue weighted by Crippen LogP contribution is -2.28. The van der Waals surface area contributed by atoms with Gasteiger partial charge in [-0.05, 0) is 147 Å². The molecule has 10 heteroatoms. The summed E-state index contributed by atoms with van der Waals surface area (Å²) in [5.41, 5.74) is 6.07. The fourth-order valence-corrected chi connectivity index (χ4v) is 6.91. The Labute approximate surface area is 330 Å². The minimum Gasteiger partial charge on any atom is -0.480 e. The first-order chi connectivity index (χ1) is 27.3. The van der Waals surface area contributed by atoms with Crippen molar-refractivity contribution in [2.75, 3.05) is 7.11 Å². The van der Waals surface area contributed by atoms with Crippen molar-refractivity contribution in [1.29, 1.82) is 0 Å². The van der Waals surface area contributed by atoms with Gasteiger partial charge in [0.2, 0.25) is 0 Å². The number of carboxylic acids is 1. The Bertz CT molecular complexity index is 2540. The molecule has 0 aliphatic heterocycles. The smallest absolute Gasteiger partial charge is 0.319 e. The fraction of sp³-hybridized carbons (Fsp3) is 0.277. The number of hydrogen-bond acceptors (Lipinski definition) is 9. The Kier molecular flexibility index (Phi) is 10.6. The number of methoxy groups -OCH3 is 1. The van der Waals surface area contributed by atoms with Crippen molar-refractivity contribution in [1.82, 2.24) is 9.97 Å². The second kappa shape index (κ2) is 15.6. The molecule has 0 spiro atoms. The van der Waals surface area contributed by atoms with Crippen LogP contribution in [0.1, 0.15) is 59.1 Å². The predicted octanol–water partition coefficient (Wildman–Crippen LogP) is 9.33. The molecule has 6 aromatic rings. The standard InChI is InChI=1S/C24H23NO4.C23H21NO4/c1-15-12-19-20(13-16(15)2)25-11-8-21(19)29-18-6-4-17(5-7-18)14-22(26)24(9-10-24)23(27)28-3;1-14-11-18-19(12-15(14)2)24-10-7-20(18)28-17-5-3-16(4-6-17)13-21(25)23(8-9-23)22(26)27/h4-8,11-13H,9-10,14H2,1-3H3;3-7,10-12H,8-9,13H2,1-2H3,(H,26,27). The van der Waals surface area contributed by atoms with Gasteiger partial charge in [0.05, 0.1) is 18.1 Å². The van der Waals surface area contributed by atoms with Gasteiger partial charge in [-0.3, -0.25) is 29.1 Å². The molecule has 2 aliphatic carbocycles. The molecule has 4 aromatic carbocycles. The van der Waals surface area contributed by atoms with E-state index in [4.69, 9.17) is 14.2 Å². The molecule has 2 aromatic heterocycles. The molecule has 10 nitrogen and oxygen atoms in total. The zero-order valence-corrected chi connectivity index (χ0v) is 32.7. The average molecular weight is 765 g/mol. The zero-order valence-electron chi connectivity index (χ0n) is 32.7. The number of ketones is 2. The number of aryl methyl sites for hydroxylation is 4. The molecule has 0 unspecified atom stereocenters. The highest BCUT2D eigenvalue weighted by atomic mass is 16.5. The third-order valence-corrected chi connectivity index (χ3v) is 11.2. The molecule has 8 rings (SSSR count). The first-order valence-corrected chi connectivity index (χ1v) is 19.0. The van der Waals surface area contributed by atoms with Crippen LogP contribution in [0.15, 0.2) is 97.3 Å². The highest BCUT2D eigenvalue weighted by molar-refractivity contribution is 6.07. The largest absolute Gasteiger partial charge is 0.480 e. The number of fused-ring (bicyclic) bond motifs is 2. The first kappa shape index (κ1) is 38.8. The number of pyridine rings is 2. The van der Waals surface area contributed by atoms with Gasteiger partial charge in [0, 0.05) is 36.0 Å². The van der Waals surface area contributed by atoms with E-state index in [0.29, 0.717) is 37.2 Å². The normalized spacial score (nSPS) is 14.5. The summed E-state index contributed by atoms with van der Waals surface area (Å²) >= 11 is 0. The summed E-state index contributed by atoms with van der Waals surface area (Å²) < 4.78 is 16.9. The lowest BCUT2D eigenvalue weighted by atomic mass is 9.95. The molecule has 2 fully saturated rings. The van der Waals surface area contributed by atoms with Gasteiger partial charge in [-0.1, -0.05) is 24.3 Å². The van der Waals surface area contributed by atoms with Gasteiger partial charge in [0.15, 0.2) is 11.6 Å². The van der Waals surface area contributed by atoms with E-state index in [1.807, 2.05) is 54.6 Å². The van der Waals surface area contributed by atoms with Crippen molar-refractivity contribution in [2.45, 2.75) is 66.2 Å². The van der Waals surface area contributed by atoms with Gasteiger partial charge >= 0.3 is 11.9 Å². The molecule has 2 heterocycles. The number of ether oxygens (including phenoxy) is 3. The Morgan fingerprint density at radius 3 is 1.33 bits per heavy atom. The van der Waals surface area contributed by atoms with E-state index in [1.165, 1.54) is 29.4 Å². The molecule has 0 radical (unpaired) electrons. The first-order valence-electron chi connectivity index (χ1n) is 19.0. The summed E-state index contributed by atoms with van der Waals surface area (Å²) in [5.74, 6) is 1.07. The number of nitrogens with zero attached hydrogens (tertiary/aromatic N) is 2. The van der Waals surface area contributed by atoms with Gasteiger partial charge in [0.25, 0.3) is 0 Å². The van der Waals surface area contributed by atoms with Gasteiger partial charge < -0.3 is 19.3 Å². The Hall–Kier alpha value is -6.42. The summed E-state index contributed by atoms with van der Waals surface area (Å²) in [7, 11) is 1.33. The van der Waals surface area contributed by atoms with E-state index in [0.717, 1.165) is 44.4 Å². The number of hydrogen-bond donors (Lipinski definition) is 1. The van der Waals surface area contributed by atoms with E-state index in [9.17, 15) is 24.3 Å². The summed E-state index contributed by atoms with van der Waals surface area (Å²) in [4.78, 5) is 56.8. The summed E-state index contributed by atoms with van der Waals surface area (Å²) in [6.07, 6.45) is 5.84. The molecule has 290 valence electrons. The molecule has 0 atom stereocenters. The average Bonchev–Trinajstić information content (AvgIpc) is 4.13. The number of carbonyl (C=O) groups excluding carboxylic acids is 3. The number of Topliss-reactive ketones (excluding diaryl/α,β-unsaturated/α-hetero) is 2. The van der Waals surface area contributed by atoms with Crippen LogP contribution in [0.5, 0.6) is 23.0 Å². The van der Waals surface area contributed by atoms with E-state index in [1.54, 1.807) is 24.5 Å². The molecule has 2 saturated carbocycles. The molecule has 1 N–H and O–H groups in total. The van der Waals surface area contributed by atoms with Crippen molar-refractivity contribution in [3.8, 4) is 23.0 Å². The van der Waals surface area contributed by atoms with Gasteiger partial charge in [0.1, 0.15) is 33.8 Å². The monoisotopic (exact) mass is 764 g/mol. The number of benzene rings is 4. The minimum atomic E-state index is -1.15. The maximum Gasteiger partial charge on any atom is 0.319 e. The highest BCUT2D eigenvalue weighted by Crippen LogP contribution is 2.49. The molecule has 2 aliphatic rings. The van der Waals surface area contributed by atoms with Crippen molar-refractivity contribution in [3.05, 3.63) is 131 Å². The maximum atomic E-state index is 12.5. The number of aromatic nitrogens is 2. The van der Waals surface area contributed by atoms with Crippen LogP contribution in [0.2, 0.25) is 0 Å². The third-order valence-electron chi connectivity index (χ3n) is 11.2. The number of aliphatic carboxylic acids is 1. The Balaban J connectivity index is 0.000000174. The number of carboxylic acid groups (broad SMARTS) is 1. The van der Waals surface area contributed by atoms with Crippen molar-refractivity contribution < 1.29 is 38.5 Å². The zero-order chi connectivity index (χ0) is 40.5. The van der Waals surface area contributed by atoms with Gasteiger partial charge in [-0.2, -0.15) is 0 Å². The molecule has 0 saturated heterocycles. The number of rotatable bonds is 12. The van der Waals surface area contributed by atoms with E-state index >= 15 is 0 Å². The van der Waals surface area contributed by atoms with Crippen LogP contribution in [0.3, 0.4) is 0 Å². The highest BCUT2D eigenvalue weighted by Gasteiger charge is 2.57. The van der Waals surface area contributed by atoms with Crippen LogP contribution >= 0.6 is 0 Å². The molecule has 0 amide bonds. The summed E-state index contributed by atoms with van der Waals surface area (Å²) in [6, 6.07) is 26.6. The minimum absolute atomic E-state index is 0.0796. The fourth-order valence-electron chi connectivity index (χ4n) is 6.91. The molecule has 0 bridgehead atoms. The third kappa shape index (κ3) is 8.12. The van der Waals surface area contributed by atoms with Crippen LogP contribution in [0.4, 0.5) is 0 Å². The Morgan fingerprint density at radius 1 is 0.579 bits per heavy atom. The van der Waals surface area contributed by atoms with Crippen LogP contribution in [-0.2, 0) is 36.8 Å². The van der Waals surface area contributed by atoms with Crippen molar-refractivity contribution in [3.63, 3.8) is 0 Å². The second-order valence-corrected chi connectivity index (χ2v) is 15.2. The Morgan fingerprint density at radius 2 is 0.965 bits per heavy atom. The lowest BCUT2D eigenvalue weighted by molar-refractivity contribution is -0.151. The SMILES string of the molecule is COC(=O)C1(C(=O)Cc2ccc(Oc3ccnc4cc(C)c(C)cc34)cc2)CC1.Cc1cc2nccc(Oc3ccc(CC(=O)C4(C(=O)O)CC4)cc3)c2cc1C. The summed E-state index contributed by atoms with van der Waals surface area (Å²) in [5, 5.41) is 11.1. The molecule has 57 heavy (non-hydrogen) atoms. The molecular weight excluding hydrogens is 721 g/mol. The van der Waals surface area contributed by atoms with Crippen LogP contribution in [-0.4, -0.2) is 45.7 Å². The van der Waals surface area contributed by atoms with Crippen LogP contribution in [0, 0.1) is 38.5 Å². The topological polar surface area (TPSA) is 142 Å². The maximum absolute atomic E-state index is 12.5. The number of carbonyl (C=O) groups is 4. The number of esters is 1. The quantitative estimate of drug-likeness (QED) is 0.0946. The lowest BCUT2D eigenvalue weighted by Gasteiger charge is -2.12. The summed E-state index contributed by atoms with van der Waals surface area (Å²) in [6.45, 7) is 8.25. The van der Waals surface area contributed by atoms with E-state index in [2.05, 4.69) is 55.9 Å². The van der Waals surface area contributed by atoms with Crippen LogP contribution < -0.4 is 9.47 Å². The van der Waals surface area contributed by atoms with Gasteiger partial charge in [-0.15, -0.1) is 0 Å². The molecular formula is C47H44N2O8. The van der Waals surface area contributed by atoms with Crippen LogP contribution in [0.25, 0.3) is 21.8 Å². The van der Waals surface area contributed by atoms with E-state index in [-0.39, 0.29) is 24.4 Å². The van der Waals surface area contributed by atoms with Crippen molar-refractivity contribution in [2.24, 2.45) is 10.8 Å². The van der Waals surface area contributed by atoms with E-state index < -0.39 is 22.8 Å². The second-order valence-electron chi connectivity index (χ2n) is 15.2. The predicted molar refractivity (Wildman–Crippen MR) is 216 cm³/mol. The van der Waals surface area contributed by atoms with Gasteiger partial charge in [-0.25, -0.2) is 0 Å². The van der Waals surface area contributed by atoms with Crippen molar-refractivity contribution >= 4 is 45.3 Å².